The number of nitrogens with zero attached hydrogens (tertiary/aromatic N) is 1. The molecule has 0 saturated carbocycles. The summed E-state index contributed by atoms with van der Waals surface area (Å²) in [5, 5.41) is -0.519. The van der Waals surface area contributed by atoms with E-state index in [-0.39, 0.29) is 5.91 Å². The summed E-state index contributed by atoms with van der Waals surface area (Å²) in [6.07, 6.45) is 1.33. The van der Waals surface area contributed by atoms with Crippen LogP contribution in [0.4, 0.5) is 11.4 Å². The maximum atomic E-state index is 11.9. The molecule has 1 aromatic rings. The smallest absolute Gasteiger partial charge is 0.235 e. The predicted molar refractivity (Wildman–Crippen MR) is 75.7 cm³/mol. The minimum absolute atomic E-state index is 0.0381. The van der Waals surface area contributed by atoms with E-state index in [0.717, 1.165) is 6.42 Å². The number of hydrogen-bond acceptors (Lipinski definition) is 3. The van der Waals surface area contributed by atoms with Gasteiger partial charge in [-0.05, 0) is 32.4 Å². The number of carbonyl (C=O) groups excluding carboxylic acids is 1. The van der Waals surface area contributed by atoms with Crippen LogP contribution in [0.15, 0.2) is 24.3 Å². The van der Waals surface area contributed by atoms with Crippen LogP contribution in [0, 0.1) is 0 Å². The molecule has 104 valence electrons. The molecule has 0 radical (unpaired) electrons. The molecule has 1 saturated heterocycles. The quantitative estimate of drug-likeness (QED) is 0.918. The average Bonchev–Trinajstić information content (AvgIpc) is 2.75. The summed E-state index contributed by atoms with van der Waals surface area (Å²) in [5.74, 6) is 0.0381. The molecule has 19 heavy (non-hydrogen) atoms. The van der Waals surface area contributed by atoms with Crippen LogP contribution >= 0.6 is 0 Å². The van der Waals surface area contributed by atoms with Crippen molar-refractivity contribution in [3.05, 3.63) is 24.3 Å². The first-order valence-electron chi connectivity index (χ1n) is 6.33. The Kier molecular flexibility index (Phi) is 3.80. The summed E-state index contributed by atoms with van der Waals surface area (Å²) in [6, 6.07) is 7.00. The highest BCUT2D eigenvalue weighted by molar-refractivity contribution is 7.93. The van der Waals surface area contributed by atoms with E-state index in [1.54, 1.807) is 43.0 Å². The first kappa shape index (κ1) is 13.9. The van der Waals surface area contributed by atoms with E-state index in [4.69, 9.17) is 0 Å². The topological polar surface area (TPSA) is 66.5 Å². The minimum atomic E-state index is -3.41. The van der Waals surface area contributed by atoms with Gasteiger partial charge in [-0.3, -0.25) is 9.52 Å². The summed E-state index contributed by atoms with van der Waals surface area (Å²) >= 11 is 0. The Labute approximate surface area is 113 Å². The Morgan fingerprint density at radius 1 is 1.26 bits per heavy atom. The number of nitrogens with one attached hydrogen (secondary N) is 1. The molecule has 0 aliphatic carbocycles. The van der Waals surface area contributed by atoms with E-state index in [1.165, 1.54) is 0 Å². The summed E-state index contributed by atoms with van der Waals surface area (Å²) in [5.41, 5.74) is 1.10. The lowest BCUT2D eigenvalue weighted by Gasteiger charge is -2.21. The van der Waals surface area contributed by atoms with Gasteiger partial charge in [0.2, 0.25) is 15.9 Å². The van der Waals surface area contributed by atoms with Crippen LogP contribution in [0.2, 0.25) is 0 Å². The van der Waals surface area contributed by atoms with Crippen molar-refractivity contribution >= 4 is 27.3 Å². The van der Waals surface area contributed by atoms with E-state index >= 15 is 0 Å². The molecular weight excluding hydrogens is 264 g/mol. The Morgan fingerprint density at radius 2 is 1.95 bits per heavy atom. The van der Waals surface area contributed by atoms with E-state index in [1.807, 2.05) is 0 Å². The maximum absolute atomic E-state index is 11.9. The summed E-state index contributed by atoms with van der Waals surface area (Å²) in [4.78, 5) is 13.4. The molecule has 1 aromatic carbocycles. The van der Waals surface area contributed by atoms with Gasteiger partial charge >= 0.3 is 0 Å². The monoisotopic (exact) mass is 282 g/mol. The molecular formula is C13H18N2O3S. The van der Waals surface area contributed by atoms with Crippen molar-refractivity contribution in [2.45, 2.75) is 31.9 Å². The first-order valence-corrected chi connectivity index (χ1v) is 7.87. The lowest BCUT2D eigenvalue weighted by atomic mass is 10.2. The van der Waals surface area contributed by atoms with Crippen molar-refractivity contribution in [2.24, 2.45) is 0 Å². The Bertz CT molecular complexity index is 581. The maximum Gasteiger partial charge on any atom is 0.235 e. The van der Waals surface area contributed by atoms with Crippen molar-refractivity contribution < 1.29 is 13.2 Å². The minimum Gasteiger partial charge on any atom is -0.310 e. The molecule has 0 aromatic heterocycles. The van der Waals surface area contributed by atoms with Gasteiger partial charge in [0.25, 0.3) is 0 Å². The number of carbonyl (C=O) groups is 1. The SMILES string of the molecule is CC(C)S(=O)(=O)Nc1ccccc1N1CCCC1=O. The Morgan fingerprint density at radius 3 is 2.53 bits per heavy atom. The Hall–Kier alpha value is -1.56. The van der Waals surface area contributed by atoms with Crippen LogP contribution in [0.1, 0.15) is 26.7 Å². The molecule has 6 heteroatoms. The van der Waals surface area contributed by atoms with Gasteiger partial charge in [-0.15, -0.1) is 0 Å². The van der Waals surface area contributed by atoms with Crippen LogP contribution in [0.25, 0.3) is 0 Å². The van der Waals surface area contributed by atoms with Crippen LogP contribution in [-0.2, 0) is 14.8 Å². The molecule has 0 bridgehead atoms. The molecule has 2 rings (SSSR count). The van der Waals surface area contributed by atoms with Gasteiger partial charge in [0.15, 0.2) is 0 Å². The van der Waals surface area contributed by atoms with Crippen molar-refractivity contribution in [3.8, 4) is 0 Å². The van der Waals surface area contributed by atoms with Gasteiger partial charge in [0, 0.05) is 13.0 Å². The summed E-state index contributed by atoms with van der Waals surface area (Å²) < 4.78 is 26.4. The van der Waals surface area contributed by atoms with Crippen molar-refractivity contribution in [1.29, 1.82) is 0 Å². The molecule has 0 unspecified atom stereocenters. The molecule has 1 aliphatic rings. The second-order valence-corrected chi connectivity index (χ2v) is 7.10. The number of sulfonamides is 1. The van der Waals surface area contributed by atoms with Gasteiger partial charge in [0.1, 0.15) is 0 Å². The van der Waals surface area contributed by atoms with Gasteiger partial charge in [-0.2, -0.15) is 0 Å². The number of rotatable bonds is 4. The third kappa shape index (κ3) is 2.89. The van der Waals surface area contributed by atoms with Gasteiger partial charge in [-0.1, -0.05) is 12.1 Å². The molecule has 1 N–H and O–H groups in total. The highest BCUT2D eigenvalue weighted by Crippen LogP contribution is 2.30. The lowest BCUT2D eigenvalue weighted by molar-refractivity contribution is -0.117. The zero-order valence-electron chi connectivity index (χ0n) is 11.1. The summed E-state index contributed by atoms with van der Waals surface area (Å²) in [6.45, 7) is 3.87. The molecule has 1 amide bonds. The molecule has 1 aliphatic heterocycles. The first-order chi connectivity index (χ1) is 8.92. The molecule has 0 atom stereocenters. The van der Waals surface area contributed by atoms with Crippen LogP contribution in [-0.4, -0.2) is 26.1 Å². The number of para-hydroxylation sites is 2. The standard InChI is InChI=1S/C13H18N2O3S/c1-10(2)19(17,18)14-11-6-3-4-7-12(11)15-9-5-8-13(15)16/h3-4,6-7,10,14H,5,8-9H2,1-2H3. The second-order valence-electron chi connectivity index (χ2n) is 4.86. The Balaban J connectivity index is 2.34. The third-order valence-corrected chi connectivity index (χ3v) is 4.89. The van der Waals surface area contributed by atoms with E-state index < -0.39 is 15.3 Å². The predicted octanol–water partition coefficient (Wildman–Crippen LogP) is 1.96. The van der Waals surface area contributed by atoms with E-state index in [9.17, 15) is 13.2 Å². The zero-order valence-corrected chi connectivity index (χ0v) is 11.9. The molecule has 1 fully saturated rings. The van der Waals surface area contributed by atoms with E-state index in [0.29, 0.717) is 24.3 Å². The second kappa shape index (κ2) is 5.21. The normalized spacial score (nSPS) is 16.2. The summed E-state index contributed by atoms with van der Waals surface area (Å²) in [7, 11) is -3.41. The fraction of sp³-hybridized carbons (Fsp3) is 0.462. The van der Waals surface area contributed by atoms with Crippen LogP contribution in [0.5, 0.6) is 0 Å². The molecule has 1 heterocycles. The van der Waals surface area contributed by atoms with Gasteiger partial charge in [-0.25, -0.2) is 8.42 Å². The highest BCUT2D eigenvalue weighted by atomic mass is 32.2. The van der Waals surface area contributed by atoms with Crippen molar-refractivity contribution in [2.75, 3.05) is 16.2 Å². The largest absolute Gasteiger partial charge is 0.310 e. The molecule has 5 nitrogen and oxygen atoms in total. The lowest BCUT2D eigenvalue weighted by Crippen LogP contribution is -2.27. The van der Waals surface area contributed by atoms with E-state index in [2.05, 4.69) is 4.72 Å². The fourth-order valence-electron chi connectivity index (χ4n) is 1.97. The van der Waals surface area contributed by atoms with Crippen LogP contribution < -0.4 is 9.62 Å². The number of anilines is 2. The highest BCUT2D eigenvalue weighted by Gasteiger charge is 2.25. The number of amides is 1. The third-order valence-electron chi connectivity index (χ3n) is 3.14. The van der Waals surface area contributed by atoms with Gasteiger partial charge in [0.05, 0.1) is 16.6 Å². The number of hydrogen-bond donors (Lipinski definition) is 1. The molecule has 0 spiro atoms. The van der Waals surface area contributed by atoms with Crippen molar-refractivity contribution in [3.63, 3.8) is 0 Å². The van der Waals surface area contributed by atoms with Crippen LogP contribution in [0.3, 0.4) is 0 Å². The van der Waals surface area contributed by atoms with Gasteiger partial charge < -0.3 is 4.90 Å². The number of benzene rings is 1. The zero-order chi connectivity index (χ0) is 14.0. The van der Waals surface area contributed by atoms with Crippen molar-refractivity contribution in [1.82, 2.24) is 0 Å². The fourth-order valence-corrected chi connectivity index (χ4v) is 2.68. The average molecular weight is 282 g/mol.